The summed E-state index contributed by atoms with van der Waals surface area (Å²) in [5.41, 5.74) is 0. The minimum absolute atomic E-state index is 0.820. The minimum Gasteiger partial charge on any atom is -0.313 e. The molecular formula is C15H30N2. The van der Waals surface area contributed by atoms with Crippen molar-refractivity contribution in [2.45, 2.75) is 70.3 Å². The molecule has 0 spiro atoms. The molecule has 1 aliphatic heterocycles. The molecule has 1 aliphatic carbocycles. The van der Waals surface area contributed by atoms with E-state index in [4.69, 9.17) is 0 Å². The van der Waals surface area contributed by atoms with Crippen LogP contribution in [0.25, 0.3) is 0 Å². The highest BCUT2D eigenvalue weighted by Crippen LogP contribution is 2.17. The monoisotopic (exact) mass is 238 g/mol. The second-order valence-electron chi connectivity index (χ2n) is 5.90. The van der Waals surface area contributed by atoms with Crippen molar-refractivity contribution in [3.8, 4) is 0 Å². The van der Waals surface area contributed by atoms with Crippen LogP contribution in [0.2, 0.25) is 0 Å². The van der Waals surface area contributed by atoms with Gasteiger partial charge >= 0.3 is 0 Å². The highest BCUT2D eigenvalue weighted by Gasteiger charge is 2.12. The first-order chi connectivity index (χ1) is 8.45. The number of piperidine rings is 1. The van der Waals surface area contributed by atoms with Crippen LogP contribution in [0.5, 0.6) is 0 Å². The number of nitrogens with one attached hydrogen (secondary N) is 1. The van der Waals surface area contributed by atoms with Gasteiger partial charge in [-0.2, -0.15) is 0 Å². The van der Waals surface area contributed by atoms with Crippen LogP contribution in [0, 0.1) is 0 Å². The molecule has 0 atom stereocenters. The molecule has 100 valence electrons. The largest absolute Gasteiger partial charge is 0.313 e. The highest BCUT2D eigenvalue weighted by atomic mass is 15.1. The summed E-state index contributed by atoms with van der Waals surface area (Å²) in [7, 11) is 0. The van der Waals surface area contributed by atoms with E-state index in [0.29, 0.717) is 0 Å². The molecular weight excluding hydrogens is 208 g/mol. The molecule has 1 N–H and O–H groups in total. The van der Waals surface area contributed by atoms with Crippen LogP contribution < -0.4 is 5.32 Å². The predicted molar refractivity (Wildman–Crippen MR) is 74.4 cm³/mol. The summed E-state index contributed by atoms with van der Waals surface area (Å²) in [5, 5.41) is 3.79. The molecule has 2 fully saturated rings. The molecule has 17 heavy (non-hydrogen) atoms. The lowest BCUT2D eigenvalue weighted by Gasteiger charge is -2.28. The maximum Gasteiger partial charge on any atom is 0.0107 e. The molecule has 1 saturated carbocycles. The topological polar surface area (TPSA) is 15.3 Å². The lowest BCUT2D eigenvalue weighted by atomic mass is 9.97. The van der Waals surface area contributed by atoms with E-state index in [0.717, 1.165) is 6.04 Å². The summed E-state index contributed by atoms with van der Waals surface area (Å²) < 4.78 is 0. The second-order valence-corrected chi connectivity index (χ2v) is 5.90. The molecule has 0 aromatic rings. The van der Waals surface area contributed by atoms with Gasteiger partial charge in [0.15, 0.2) is 0 Å². The summed E-state index contributed by atoms with van der Waals surface area (Å²) in [6, 6.07) is 0.820. The zero-order chi connectivity index (χ0) is 11.8. The number of nitrogens with zero attached hydrogens (tertiary/aromatic N) is 1. The molecule has 1 saturated heterocycles. The summed E-state index contributed by atoms with van der Waals surface area (Å²) >= 11 is 0. The molecule has 2 aliphatic rings. The quantitative estimate of drug-likeness (QED) is 0.809. The first kappa shape index (κ1) is 13.4. The van der Waals surface area contributed by atoms with Crippen LogP contribution in [0.4, 0.5) is 0 Å². The molecule has 0 unspecified atom stereocenters. The van der Waals surface area contributed by atoms with E-state index in [1.54, 1.807) is 0 Å². The minimum atomic E-state index is 0.820. The Morgan fingerprint density at radius 3 is 2.06 bits per heavy atom. The van der Waals surface area contributed by atoms with Crippen LogP contribution in [0.15, 0.2) is 0 Å². The first-order valence-corrected chi connectivity index (χ1v) is 7.91. The smallest absolute Gasteiger partial charge is 0.0107 e. The van der Waals surface area contributed by atoms with Crippen LogP contribution in [0.1, 0.15) is 64.2 Å². The Labute approximate surface area is 107 Å². The van der Waals surface area contributed by atoms with Crippen molar-refractivity contribution in [1.29, 1.82) is 0 Å². The van der Waals surface area contributed by atoms with E-state index < -0.39 is 0 Å². The summed E-state index contributed by atoms with van der Waals surface area (Å²) in [4.78, 5) is 2.64. The SMILES string of the molecule is C1CCCC(NCCN2CCCCC2)CCC1. The molecule has 1 heterocycles. The zero-order valence-electron chi connectivity index (χ0n) is 11.4. The van der Waals surface area contributed by atoms with Crippen molar-refractivity contribution in [3.63, 3.8) is 0 Å². The molecule has 2 rings (SSSR count). The van der Waals surface area contributed by atoms with E-state index >= 15 is 0 Å². The highest BCUT2D eigenvalue weighted by molar-refractivity contribution is 4.72. The van der Waals surface area contributed by atoms with E-state index in [9.17, 15) is 0 Å². The maximum absolute atomic E-state index is 3.79. The Kier molecular flexibility index (Phi) is 6.36. The van der Waals surface area contributed by atoms with Gasteiger partial charge < -0.3 is 10.2 Å². The maximum atomic E-state index is 3.79. The van der Waals surface area contributed by atoms with Gasteiger partial charge in [-0.1, -0.05) is 38.5 Å². The lowest BCUT2D eigenvalue weighted by molar-refractivity contribution is 0.223. The molecule has 0 amide bonds. The van der Waals surface area contributed by atoms with Crippen molar-refractivity contribution in [3.05, 3.63) is 0 Å². The standard InChI is InChI=1S/C15H30N2/c1-2-5-9-15(10-6-3-1)16-11-14-17-12-7-4-8-13-17/h15-16H,1-14H2. The van der Waals surface area contributed by atoms with Gasteiger partial charge in [0.2, 0.25) is 0 Å². The lowest BCUT2D eigenvalue weighted by Crippen LogP contribution is -2.39. The summed E-state index contributed by atoms with van der Waals surface area (Å²) in [6.45, 7) is 5.17. The first-order valence-electron chi connectivity index (χ1n) is 7.91. The fourth-order valence-electron chi connectivity index (χ4n) is 3.27. The van der Waals surface area contributed by atoms with Crippen LogP contribution in [-0.4, -0.2) is 37.1 Å². The third-order valence-corrected chi connectivity index (χ3v) is 4.41. The molecule has 0 aromatic heterocycles. The van der Waals surface area contributed by atoms with E-state index in [-0.39, 0.29) is 0 Å². The van der Waals surface area contributed by atoms with Gasteiger partial charge in [0.05, 0.1) is 0 Å². The van der Waals surface area contributed by atoms with Gasteiger partial charge in [0.25, 0.3) is 0 Å². The van der Waals surface area contributed by atoms with Gasteiger partial charge in [-0.05, 0) is 38.8 Å². The number of hydrogen-bond donors (Lipinski definition) is 1. The van der Waals surface area contributed by atoms with Crippen LogP contribution >= 0.6 is 0 Å². The van der Waals surface area contributed by atoms with Gasteiger partial charge in [-0.25, -0.2) is 0 Å². The number of hydrogen-bond acceptors (Lipinski definition) is 2. The summed E-state index contributed by atoms with van der Waals surface area (Å²) in [5.74, 6) is 0. The van der Waals surface area contributed by atoms with Crippen molar-refractivity contribution < 1.29 is 0 Å². The fraction of sp³-hybridized carbons (Fsp3) is 1.00. The summed E-state index contributed by atoms with van der Waals surface area (Å²) in [6.07, 6.45) is 14.4. The average molecular weight is 238 g/mol. The normalized spacial score (nSPS) is 25.4. The zero-order valence-corrected chi connectivity index (χ0v) is 11.4. The van der Waals surface area contributed by atoms with Crippen LogP contribution in [-0.2, 0) is 0 Å². The Morgan fingerprint density at radius 1 is 0.765 bits per heavy atom. The Morgan fingerprint density at radius 2 is 1.35 bits per heavy atom. The van der Waals surface area contributed by atoms with Crippen molar-refractivity contribution >= 4 is 0 Å². The average Bonchev–Trinajstić information content (AvgIpc) is 2.33. The van der Waals surface area contributed by atoms with Crippen molar-refractivity contribution in [2.24, 2.45) is 0 Å². The van der Waals surface area contributed by atoms with Gasteiger partial charge in [0.1, 0.15) is 0 Å². The van der Waals surface area contributed by atoms with Crippen molar-refractivity contribution in [1.82, 2.24) is 10.2 Å². The molecule has 0 aromatic carbocycles. The third-order valence-electron chi connectivity index (χ3n) is 4.41. The van der Waals surface area contributed by atoms with Crippen LogP contribution in [0.3, 0.4) is 0 Å². The molecule has 0 radical (unpaired) electrons. The number of rotatable bonds is 4. The van der Waals surface area contributed by atoms with Crippen molar-refractivity contribution in [2.75, 3.05) is 26.2 Å². The fourth-order valence-corrected chi connectivity index (χ4v) is 3.27. The number of likely N-dealkylation sites (tertiary alicyclic amines) is 1. The Bertz CT molecular complexity index is 179. The predicted octanol–water partition coefficient (Wildman–Crippen LogP) is 3.17. The Hall–Kier alpha value is -0.0800. The van der Waals surface area contributed by atoms with E-state index in [1.807, 2.05) is 0 Å². The van der Waals surface area contributed by atoms with Gasteiger partial charge in [-0.3, -0.25) is 0 Å². The Balaban J connectivity index is 1.56. The second kappa shape index (κ2) is 8.10. The molecule has 0 bridgehead atoms. The van der Waals surface area contributed by atoms with E-state index in [2.05, 4.69) is 10.2 Å². The van der Waals surface area contributed by atoms with Gasteiger partial charge in [-0.15, -0.1) is 0 Å². The van der Waals surface area contributed by atoms with Gasteiger partial charge in [0, 0.05) is 19.1 Å². The third kappa shape index (κ3) is 5.39. The van der Waals surface area contributed by atoms with E-state index in [1.165, 1.54) is 90.4 Å². The molecule has 2 heteroatoms. The molecule has 2 nitrogen and oxygen atoms in total.